The number of anilines is 1. The zero-order valence-corrected chi connectivity index (χ0v) is 23.6. The number of nitro benzene ring substituents is 1. The van der Waals surface area contributed by atoms with E-state index in [1.807, 2.05) is 0 Å². The van der Waals surface area contributed by atoms with Crippen molar-refractivity contribution in [3.8, 4) is 16.3 Å². The van der Waals surface area contributed by atoms with E-state index in [1.54, 1.807) is 19.1 Å². The maximum atomic E-state index is 14.8. The lowest BCUT2D eigenvalue weighted by molar-refractivity contribution is -0.384. The molecule has 43 heavy (non-hydrogen) atoms. The first kappa shape index (κ1) is 28.1. The number of nitro groups is 1. The Morgan fingerprint density at radius 3 is 2.30 bits per heavy atom. The van der Waals surface area contributed by atoms with Crippen molar-refractivity contribution in [3.05, 3.63) is 114 Å². The highest BCUT2D eigenvalue weighted by molar-refractivity contribution is 7.22. The van der Waals surface area contributed by atoms with Gasteiger partial charge in [0.25, 0.3) is 11.2 Å². The van der Waals surface area contributed by atoms with E-state index in [1.165, 1.54) is 41.3 Å². The monoisotopic (exact) mass is 603 g/mol. The molecule has 5 aromatic rings. The fourth-order valence-electron chi connectivity index (χ4n) is 5.27. The Labute approximate surface area is 246 Å². The van der Waals surface area contributed by atoms with Crippen LogP contribution in [-0.4, -0.2) is 31.5 Å². The number of hydrogen-bond donors (Lipinski definition) is 0. The number of non-ortho nitro benzene ring substituents is 1. The minimum absolute atomic E-state index is 0.0435. The van der Waals surface area contributed by atoms with Crippen LogP contribution in [0.25, 0.3) is 26.5 Å². The molecule has 3 aromatic heterocycles. The number of pyridine rings is 1. The average Bonchev–Trinajstić information content (AvgIpc) is 3.34. The van der Waals surface area contributed by atoms with E-state index in [0.717, 1.165) is 45.4 Å². The summed E-state index contributed by atoms with van der Waals surface area (Å²) in [6.45, 7) is 1.61. The average molecular weight is 604 g/mol. The second kappa shape index (κ2) is 11.0. The fourth-order valence-corrected chi connectivity index (χ4v) is 6.57. The normalized spacial score (nSPS) is 13.6. The second-order valence-electron chi connectivity index (χ2n) is 10.1. The number of fused-ring (bicyclic) bond motifs is 1. The minimum atomic E-state index is -0.869. The third-order valence-corrected chi connectivity index (χ3v) is 8.84. The van der Waals surface area contributed by atoms with Gasteiger partial charge < -0.3 is 0 Å². The molecule has 2 aromatic carbocycles. The van der Waals surface area contributed by atoms with Crippen molar-refractivity contribution in [2.45, 2.75) is 32.7 Å². The number of rotatable bonds is 6. The molecule has 13 heteroatoms. The third kappa shape index (κ3) is 4.91. The number of aryl methyl sites for hydroxylation is 1. The van der Waals surface area contributed by atoms with Crippen molar-refractivity contribution >= 4 is 39.0 Å². The van der Waals surface area contributed by atoms with Crippen molar-refractivity contribution in [2.75, 3.05) is 11.4 Å². The van der Waals surface area contributed by atoms with Gasteiger partial charge in [-0.3, -0.25) is 29.2 Å². The lowest BCUT2D eigenvalue weighted by atomic mass is 10.1. The van der Waals surface area contributed by atoms with E-state index in [-0.39, 0.29) is 39.0 Å². The summed E-state index contributed by atoms with van der Waals surface area (Å²) in [6.07, 6.45) is 1.90. The maximum absolute atomic E-state index is 14.8. The molecule has 0 atom stereocenters. The number of thiophene rings is 1. The number of piperidine rings is 1. The van der Waals surface area contributed by atoms with Gasteiger partial charge in [-0.15, -0.1) is 11.3 Å². The molecule has 0 unspecified atom stereocenters. The zero-order valence-electron chi connectivity index (χ0n) is 22.8. The number of amides is 1. The largest absolute Gasteiger partial charge is 0.338 e. The molecule has 0 N–H and O–H groups in total. The number of carbonyl (C=O) groups excluding carboxylic acids is 1. The molecule has 0 radical (unpaired) electrons. The first-order valence-electron chi connectivity index (χ1n) is 13.4. The summed E-state index contributed by atoms with van der Waals surface area (Å²) in [6, 6.07) is 13.8. The number of hydrogen-bond acceptors (Lipinski definition) is 7. The Bertz CT molecular complexity index is 2030. The van der Waals surface area contributed by atoms with Gasteiger partial charge in [-0.1, -0.05) is 12.1 Å². The van der Waals surface area contributed by atoms with Crippen LogP contribution in [0, 0.1) is 28.7 Å². The number of carbonyl (C=O) groups is 1. The smallest absolute Gasteiger partial charge is 0.297 e. The molecule has 1 amide bonds. The fraction of sp³-hybridized carbons (Fsp3) is 0.200. The Kier molecular flexibility index (Phi) is 7.18. The molecule has 1 aliphatic rings. The molecule has 0 saturated carbocycles. The summed E-state index contributed by atoms with van der Waals surface area (Å²) in [5.74, 6) is -1.59. The maximum Gasteiger partial charge on any atom is 0.338 e. The lowest BCUT2D eigenvalue weighted by Crippen LogP contribution is -2.40. The van der Waals surface area contributed by atoms with E-state index in [0.29, 0.717) is 29.0 Å². The van der Waals surface area contributed by atoms with Gasteiger partial charge in [0.2, 0.25) is 5.91 Å². The Balaban J connectivity index is 1.61. The van der Waals surface area contributed by atoms with Crippen molar-refractivity contribution in [3.63, 3.8) is 0 Å². The SMILES string of the molecule is Cc1c(-c2ccc([N+](=O)[O-])cc2)sc2c1c(=O)n(-c1cccc(N3CCCCC3=O)n1)c(=O)n2Cc1c(F)cccc1F. The van der Waals surface area contributed by atoms with E-state index < -0.39 is 34.4 Å². The molecule has 218 valence electrons. The highest BCUT2D eigenvalue weighted by Gasteiger charge is 2.25. The molecule has 0 bridgehead atoms. The van der Waals surface area contributed by atoms with Crippen LogP contribution in [-0.2, 0) is 11.3 Å². The van der Waals surface area contributed by atoms with Crippen molar-refractivity contribution in [2.24, 2.45) is 0 Å². The number of benzene rings is 2. The first-order chi connectivity index (χ1) is 20.7. The summed E-state index contributed by atoms with van der Waals surface area (Å²) in [5.41, 5.74) is -0.990. The molecule has 0 spiro atoms. The lowest BCUT2D eigenvalue weighted by Gasteiger charge is -2.26. The summed E-state index contributed by atoms with van der Waals surface area (Å²) >= 11 is 1.07. The first-order valence-corrected chi connectivity index (χ1v) is 14.2. The highest BCUT2D eigenvalue weighted by atomic mass is 32.1. The predicted octanol–water partition coefficient (Wildman–Crippen LogP) is 5.34. The van der Waals surface area contributed by atoms with E-state index >= 15 is 0 Å². The van der Waals surface area contributed by atoms with Gasteiger partial charge in [-0.2, -0.15) is 0 Å². The molecule has 1 aliphatic heterocycles. The van der Waals surface area contributed by atoms with Crippen LogP contribution >= 0.6 is 11.3 Å². The molecule has 1 saturated heterocycles. The third-order valence-electron chi connectivity index (χ3n) is 7.48. The van der Waals surface area contributed by atoms with Crippen LogP contribution < -0.4 is 16.1 Å². The molecule has 1 fully saturated rings. The standard InChI is InChI=1S/C30H23F2N5O5S/c1-17-26-28(39)36(24-9-5-8-23(33-24)34-15-3-2-10-25(34)38)30(40)35(16-20-21(31)6-4-7-22(20)32)29(26)43-27(17)18-11-13-19(14-12-18)37(41)42/h4-9,11-14H,2-3,10,15-16H2,1H3. The van der Waals surface area contributed by atoms with Crippen LogP contribution in [0.5, 0.6) is 0 Å². The van der Waals surface area contributed by atoms with Gasteiger partial charge in [0, 0.05) is 35.5 Å². The van der Waals surface area contributed by atoms with Gasteiger partial charge in [-0.05, 0) is 67.3 Å². The van der Waals surface area contributed by atoms with Gasteiger partial charge >= 0.3 is 5.69 Å². The number of halogens is 2. The molecule has 4 heterocycles. The van der Waals surface area contributed by atoms with Crippen LogP contribution in [0.3, 0.4) is 0 Å². The quantitative estimate of drug-likeness (QED) is 0.191. The number of nitrogens with zero attached hydrogens (tertiary/aromatic N) is 5. The zero-order chi connectivity index (χ0) is 30.4. The second-order valence-corrected chi connectivity index (χ2v) is 11.1. The molecular formula is C30H23F2N5O5S. The Hall–Kier alpha value is -5.04. The Morgan fingerprint density at radius 1 is 0.953 bits per heavy atom. The van der Waals surface area contributed by atoms with E-state index in [9.17, 15) is 33.3 Å². The Morgan fingerprint density at radius 2 is 1.63 bits per heavy atom. The van der Waals surface area contributed by atoms with Crippen LogP contribution in [0.1, 0.15) is 30.4 Å². The molecule has 0 aliphatic carbocycles. The minimum Gasteiger partial charge on any atom is -0.297 e. The van der Waals surface area contributed by atoms with Crippen molar-refractivity contribution in [1.82, 2.24) is 14.1 Å². The van der Waals surface area contributed by atoms with Gasteiger partial charge in [-0.25, -0.2) is 23.1 Å². The summed E-state index contributed by atoms with van der Waals surface area (Å²) in [4.78, 5) is 58.0. The molecule has 6 rings (SSSR count). The number of aromatic nitrogens is 3. The molecule has 10 nitrogen and oxygen atoms in total. The van der Waals surface area contributed by atoms with Crippen LogP contribution in [0.4, 0.5) is 20.3 Å². The van der Waals surface area contributed by atoms with Gasteiger partial charge in [0.1, 0.15) is 28.1 Å². The van der Waals surface area contributed by atoms with Crippen LogP contribution in [0.2, 0.25) is 0 Å². The van der Waals surface area contributed by atoms with Crippen molar-refractivity contribution < 1.29 is 18.5 Å². The van der Waals surface area contributed by atoms with E-state index in [2.05, 4.69) is 4.98 Å². The van der Waals surface area contributed by atoms with Crippen molar-refractivity contribution in [1.29, 1.82) is 0 Å². The molecular weight excluding hydrogens is 580 g/mol. The predicted molar refractivity (Wildman–Crippen MR) is 158 cm³/mol. The summed E-state index contributed by atoms with van der Waals surface area (Å²) in [7, 11) is 0. The summed E-state index contributed by atoms with van der Waals surface area (Å²) in [5, 5.41) is 11.3. The van der Waals surface area contributed by atoms with Gasteiger partial charge in [0.15, 0.2) is 0 Å². The summed E-state index contributed by atoms with van der Waals surface area (Å²) < 4.78 is 31.6. The van der Waals surface area contributed by atoms with Crippen LogP contribution in [0.15, 0.2) is 70.3 Å². The van der Waals surface area contributed by atoms with E-state index in [4.69, 9.17) is 0 Å². The highest BCUT2D eigenvalue weighted by Crippen LogP contribution is 2.37. The van der Waals surface area contributed by atoms with Gasteiger partial charge in [0.05, 0.1) is 16.9 Å². The topological polar surface area (TPSA) is 120 Å².